The van der Waals surface area contributed by atoms with Gasteiger partial charge in [-0.15, -0.1) is 0 Å². The highest BCUT2D eigenvalue weighted by molar-refractivity contribution is 6.69. The van der Waals surface area contributed by atoms with Crippen LogP contribution in [0.3, 0.4) is 0 Å². The van der Waals surface area contributed by atoms with Crippen molar-refractivity contribution in [1.29, 1.82) is 0 Å². The molecule has 35 heavy (non-hydrogen) atoms. The first-order valence-electron chi connectivity index (χ1n) is 13.1. The summed E-state index contributed by atoms with van der Waals surface area (Å²) in [5, 5.41) is 3.33. The fourth-order valence-corrected chi connectivity index (χ4v) is 3.76. The highest BCUT2D eigenvalue weighted by atomic mass is 28.4. The Morgan fingerprint density at radius 2 is 0.800 bits per heavy atom. The highest BCUT2D eigenvalue weighted by Crippen LogP contribution is 2.06. The molecule has 0 atom stereocenters. The topological polar surface area (TPSA) is 95.1 Å². The van der Waals surface area contributed by atoms with Crippen LogP contribution in [0.1, 0.15) is 12.8 Å². The third kappa shape index (κ3) is 25.3. The molecule has 210 valence electrons. The summed E-state index contributed by atoms with van der Waals surface area (Å²) in [6.45, 7) is 17.8. The zero-order chi connectivity index (χ0) is 25.3. The molecule has 1 rings (SSSR count). The normalized spacial score (nSPS) is 15.2. The standard InChI is InChI=1S/C24H51NO9Si/c1-35(2,3)34-23-21-32-19-17-30-15-13-28-11-9-26-8-10-27-12-14-29-16-18-31-20-22-33-24-4-6-25-7-5-24/h24-25H,4-23H2,1-3H3. The van der Waals surface area contributed by atoms with Crippen LogP contribution in [-0.4, -0.2) is 133 Å². The van der Waals surface area contributed by atoms with Crippen molar-refractivity contribution in [3.8, 4) is 0 Å². The van der Waals surface area contributed by atoms with Crippen molar-refractivity contribution in [3.05, 3.63) is 0 Å². The summed E-state index contributed by atoms with van der Waals surface area (Å²) in [6, 6.07) is 0. The zero-order valence-corrected chi connectivity index (χ0v) is 23.4. The van der Waals surface area contributed by atoms with E-state index in [1.165, 1.54) is 0 Å². The average Bonchev–Trinajstić information content (AvgIpc) is 2.84. The lowest BCUT2D eigenvalue weighted by atomic mass is 10.1. The molecule has 1 saturated heterocycles. The second-order valence-corrected chi connectivity index (χ2v) is 13.6. The van der Waals surface area contributed by atoms with Crippen molar-refractivity contribution < 1.29 is 42.3 Å². The lowest BCUT2D eigenvalue weighted by Gasteiger charge is -2.22. The van der Waals surface area contributed by atoms with E-state index >= 15 is 0 Å². The van der Waals surface area contributed by atoms with Crippen LogP contribution in [0.4, 0.5) is 0 Å². The Balaban J connectivity index is 1.63. The van der Waals surface area contributed by atoms with Crippen molar-refractivity contribution in [2.24, 2.45) is 0 Å². The van der Waals surface area contributed by atoms with Gasteiger partial charge in [0, 0.05) is 0 Å². The van der Waals surface area contributed by atoms with Crippen LogP contribution in [0.25, 0.3) is 0 Å². The number of hydrogen-bond donors (Lipinski definition) is 1. The SMILES string of the molecule is C[Si](C)(C)OCCOCCOCCOCCOCCOCCOCCOCCOC1CCNCC1. The summed E-state index contributed by atoms with van der Waals surface area (Å²) < 4.78 is 49.8. The van der Waals surface area contributed by atoms with Gasteiger partial charge in [0.25, 0.3) is 0 Å². The van der Waals surface area contributed by atoms with Crippen molar-refractivity contribution >= 4 is 8.32 Å². The first-order chi connectivity index (χ1) is 17.1. The Labute approximate surface area is 213 Å². The van der Waals surface area contributed by atoms with E-state index in [1.807, 2.05) is 0 Å². The number of ether oxygens (including phenoxy) is 8. The van der Waals surface area contributed by atoms with Gasteiger partial charge in [0.1, 0.15) is 0 Å². The molecule has 11 heteroatoms. The lowest BCUT2D eigenvalue weighted by Crippen LogP contribution is -2.33. The van der Waals surface area contributed by atoms with Gasteiger partial charge in [0.15, 0.2) is 8.32 Å². The molecule has 1 heterocycles. The summed E-state index contributed by atoms with van der Waals surface area (Å²) in [6.07, 6.45) is 2.56. The summed E-state index contributed by atoms with van der Waals surface area (Å²) in [7, 11) is -1.44. The molecule has 0 unspecified atom stereocenters. The number of hydrogen-bond acceptors (Lipinski definition) is 10. The van der Waals surface area contributed by atoms with Gasteiger partial charge >= 0.3 is 0 Å². The van der Waals surface area contributed by atoms with Crippen LogP contribution in [-0.2, 0) is 42.3 Å². The molecule has 0 aromatic heterocycles. The van der Waals surface area contributed by atoms with Gasteiger partial charge < -0.3 is 47.6 Å². The molecule has 1 fully saturated rings. The zero-order valence-electron chi connectivity index (χ0n) is 22.4. The monoisotopic (exact) mass is 525 g/mol. The molecule has 0 spiro atoms. The maximum atomic E-state index is 5.78. The molecule has 0 bridgehead atoms. The van der Waals surface area contributed by atoms with E-state index < -0.39 is 8.32 Å². The first-order valence-corrected chi connectivity index (χ1v) is 16.5. The smallest absolute Gasteiger partial charge is 0.183 e. The summed E-state index contributed by atoms with van der Waals surface area (Å²) in [4.78, 5) is 0. The first kappa shape index (κ1) is 32.8. The van der Waals surface area contributed by atoms with Gasteiger partial charge in [-0.2, -0.15) is 0 Å². The van der Waals surface area contributed by atoms with Crippen molar-refractivity contribution in [2.45, 2.75) is 38.6 Å². The number of nitrogens with one attached hydrogen (secondary N) is 1. The Morgan fingerprint density at radius 3 is 1.14 bits per heavy atom. The summed E-state index contributed by atoms with van der Waals surface area (Å²) >= 11 is 0. The van der Waals surface area contributed by atoms with Gasteiger partial charge in [-0.3, -0.25) is 0 Å². The molecule has 0 amide bonds. The Kier molecular flexibility index (Phi) is 22.7. The fraction of sp³-hybridized carbons (Fsp3) is 1.00. The molecule has 1 aliphatic rings. The maximum Gasteiger partial charge on any atom is 0.183 e. The largest absolute Gasteiger partial charge is 0.415 e. The van der Waals surface area contributed by atoms with Crippen LogP contribution in [0.5, 0.6) is 0 Å². The van der Waals surface area contributed by atoms with Crippen LogP contribution < -0.4 is 5.32 Å². The summed E-state index contributed by atoms with van der Waals surface area (Å²) in [5.41, 5.74) is 0. The minimum atomic E-state index is -1.44. The minimum Gasteiger partial charge on any atom is -0.415 e. The van der Waals surface area contributed by atoms with Crippen LogP contribution >= 0.6 is 0 Å². The van der Waals surface area contributed by atoms with Gasteiger partial charge in [-0.05, 0) is 45.6 Å². The molecule has 0 aromatic rings. The van der Waals surface area contributed by atoms with E-state index in [-0.39, 0.29) is 0 Å². The minimum absolute atomic E-state index is 0.381. The molecule has 0 radical (unpaired) electrons. The van der Waals surface area contributed by atoms with Crippen molar-refractivity contribution in [2.75, 3.05) is 119 Å². The average molecular weight is 526 g/mol. The third-order valence-corrected chi connectivity index (χ3v) is 5.93. The lowest BCUT2D eigenvalue weighted by molar-refractivity contribution is -0.0315. The van der Waals surface area contributed by atoms with E-state index in [2.05, 4.69) is 25.0 Å². The molecular weight excluding hydrogens is 474 g/mol. The predicted molar refractivity (Wildman–Crippen MR) is 137 cm³/mol. The van der Waals surface area contributed by atoms with Gasteiger partial charge in [0.05, 0.1) is 112 Å². The van der Waals surface area contributed by atoms with Gasteiger partial charge in [-0.1, -0.05) is 0 Å². The van der Waals surface area contributed by atoms with Gasteiger partial charge in [0.2, 0.25) is 0 Å². The van der Waals surface area contributed by atoms with E-state index in [1.54, 1.807) is 0 Å². The van der Waals surface area contributed by atoms with Crippen LogP contribution in [0.15, 0.2) is 0 Å². The molecule has 1 aliphatic heterocycles. The van der Waals surface area contributed by atoms with Crippen LogP contribution in [0.2, 0.25) is 19.6 Å². The predicted octanol–water partition coefficient (Wildman–Crippen LogP) is 1.72. The molecule has 1 N–H and O–H groups in total. The number of piperidine rings is 1. The van der Waals surface area contributed by atoms with Crippen molar-refractivity contribution in [1.82, 2.24) is 5.32 Å². The van der Waals surface area contributed by atoms with E-state index in [0.717, 1.165) is 25.9 Å². The van der Waals surface area contributed by atoms with Crippen LogP contribution in [0, 0.1) is 0 Å². The summed E-state index contributed by atoms with van der Waals surface area (Å²) in [5.74, 6) is 0. The van der Waals surface area contributed by atoms with Crippen molar-refractivity contribution in [3.63, 3.8) is 0 Å². The second kappa shape index (κ2) is 24.2. The van der Waals surface area contributed by atoms with E-state index in [0.29, 0.717) is 112 Å². The third-order valence-electron chi connectivity index (χ3n) is 4.86. The fourth-order valence-electron chi connectivity index (χ4n) is 3.06. The Hall–Kier alpha value is -0.183. The maximum absolute atomic E-state index is 5.78. The molecule has 10 nitrogen and oxygen atoms in total. The van der Waals surface area contributed by atoms with Gasteiger partial charge in [-0.25, -0.2) is 0 Å². The van der Waals surface area contributed by atoms with E-state index in [4.69, 9.17) is 42.3 Å². The molecule has 0 saturated carbocycles. The highest BCUT2D eigenvalue weighted by Gasteiger charge is 2.13. The Morgan fingerprint density at radius 1 is 0.486 bits per heavy atom. The second-order valence-electron chi connectivity index (χ2n) is 9.07. The molecule has 0 aliphatic carbocycles. The molecular formula is C24H51NO9Si. The number of rotatable bonds is 26. The van der Waals surface area contributed by atoms with E-state index in [9.17, 15) is 0 Å². The Bertz CT molecular complexity index is 438. The quantitative estimate of drug-likeness (QED) is 0.133. The molecule has 0 aromatic carbocycles.